The van der Waals surface area contributed by atoms with Gasteiger partial charge in [0.05, 0.1) is 5.92 Å². The van der Waals surface area contributed by atoms with Crippen LogP contribution in [0.1, 0.15) is 31.2 Å². The fourth-order valence-corrected chi connectivity index (χ4v) is 3.00. The zero-order valence-electron chi connectivity index (χ0n) is 13.3. The number of nitrogens with one attached hydrogen (secondary N) is 2. The van der Waals surface area contributed by atoms with Crippen molar-refractivity contribution in [2.45, 2.75) is 38.6 Å². The van der Waals surface area contributed by atoms with Crippen LogP contribution >= 0.6 is 11.6 Å². The van der Waals surface area contributed by atoms with Crippen molar-refractivity contribution in [3.05, 3.63) is 28.8 Å². The standard InChI is InChI=1S/C17H22ClN3O2/c1-11-4-5-13(18)9-15(11)20-16(22)12-3-2-8-21(10-12)17(23)19-14-6-7-14/h4-5,9,12,14H,2-3,6-8,10H2,1H3,(H,19,23)(H,20,22). The molecular weight excluding hydrogens is 314 g/mol. The fourth-order valence-electron chi connectivity index (χ4n) is 2.83. The Balaban J connectivity index is 1.60. The maximum Gasteiger partial charge on any atom is 0.317 e. The van der Waals surface area contributed by atoms with Crippen molar-refractivity contribution in [2.24, 2.45) is 5.92 Å². The lowest BCUT2D eigenvalue weighted by Gasteiger charge is -2.32. The van der Waals surface area contributed by atoms with Gasteiger partial charge >= 0.3 is 6.03 Å². The lowest BCUT2D eigenvalue weighted by molar-refractivity contribution is -0.121. The molecular formula is C17H22ClN3O2. The van der Waals surface area contributed by atoms with Crippen LogP contribution in [-0.4, -0.2) is 36.0 Å². The van der Waals surface area contributed by atoms with Gasteiger partial charge in [-0.3, -0.25) is 4.79 Å². The number of hydrogen-bond acceptors (Lipinski definition) is 2. The van der Waals surface area contributed by atoms with Gasteiger partial charge in [-0.25, -0.2) is 4.79 Å². The van der Waals surface area contributed by atoms with Gasteiger partial charge in [0.2, 0.25) is 5.91 Å². The first-order valence-electron chi connectivity index (χ1n) is 8.15. The second kappa shape index (κ2) is 6.79. The molecule has 2 fully saturated rings. The molecule has 1 heterocycles. The molecule has 1 atom stereocenters. The van der Waals surface area contributed by atoms with Crippen LogP contribution in [0.4, 0.5) is 10.5 Å². The van der Waals surface area contributed by atoms with E-state index in [0.717, 1.165) is 43.5 Å². The van der Waals surface area contributed by atoms with Gasteiger partial charge in [0.25, 0.3) is 0 Å². The quantitative estimate of drug-likeness (QED) is 0.891. The molecule has 1 saturated carbocycles. The molecule has 3 amide bonds. The van der Waals surface area contributed by atoms with E-state index >= 15 is 0 Å². The summed E-state index contributed by atoms with van der Waals surface area (Å²) in [7, 11) is 0. The van der Waals surface area contributed by atoms with Gasteiger partial charge in [0.15, 0.2) is 0 Å². The summed E-state index contributed by atoms with van der Waals surface area (Å²) in [5, 5.41) is 6.54. The van der Waals surface area contributed by atoms with Gasteiger partial charge in [-0.05, 0) is 50.3 Å². The minimum atomic E-state index is -0.174. The Bertz CT molecular complexity index is 616. The number of urea groups is 1. The highest BCUT2D eigenvalue weighted by Crippen LogP contribution is 2.24. The van der Waals surface area contributed by atoms with Crippen molar-refractivity contribution in [2.75, 3.05) is 18.4 Å². The molecule has 1 aliphatic carbocycles. The number of rotatable bonds is 3. The first-order valence-corrected chi connectivity index (χ1v) is 8.53. The average molecular weight is 336 g/mol. The summed E-state index contributed by atoms with van der Waals surface area (Å²) < 4.78 is 0. The first kappa shape index (κ1) is 16.1. The van der Waals surface area contributed by atoms with E-state index in [-0.39, 0.29) is 17.9 Å². The molecule has 0 aromatic heterocycles. The van der Waals surface area contributed by atoms with Crippen LogP contribution in [-0.2, 0) is 4.79 Å². The summed E-state index contributed by atoms with van der Waals surface area (Å²) in [5.74, 6) is -0.216. The predicted octanol–water partition coefficient (Wildman–Crippen LogP) is 3.17. The lowest BCUT2D eigenvalue weighted by Crippen LogP contribution is -2.48. The molecule has 0 radical (unpaired) electrons. The Morgan fingerprint density at radius 2 is 2.04 bits per heavy atom. The summed E-state index contributed by atoms with van der Waals surface area (Å²) >= 11 is 5.99. The Labute approximate surface area is 141 Å². The Morgan fingerprint density at radius 3 is 2.78 bits per heavy atom. The minimum absolute atomic E-state index is 0.0380. The number of anilines is 1. The number of nitrogens with zero attached hydrogens (tertiary/aromatic N) is 1. The Hall–Kier alpha value is -1.75. The molecule has 1 saturated heterocycles. The van der Waals surface area contributed by atoms with E-state index in [2.05, 4.69) is 10.6 Å². The van der Waals surface area contributed by atoms with Crippen molar-refractivity contribution in [1.82, 2.24) is 10.2 Å². The van der Waals surface area contributed by atoms with E-state index < -0.39 is 0 Å². The van der Waals surface area contributed by atoms with Crippen LogP contribution in [0.3, 0.4) is 0 Å². The number of piperidine rings is 1. The highest BCUT2D eigenvalue weighted by atomic mass is 35.5. The number of hydrogen-bond donors (Lipinski definition) is 2. The normalized spacial score (nSPS) is 21.0. The minimum Gasteiger partial charge on any atom is -0.335 e. The van der Waals surface area contributed by atoms with Crippen LogP contribution in [0.25, 0.3) is 0 Å². The molecule has 2 N–H and O–H groups in total. The first-order chi connectivity index (χ1) is 11.0. The SMILES string of the molecule is Cc1ccc(Cl)cc1NC(=O)C1CCCN(C(=O)NC2CC2)C1. The van der Waals surface area contributed by atoms with Crippen molar-refractivity contribution in [1.29, 1.82) is 0 Å². The number of aryl methyl sites for hydroxylation is 1. The summed E-state index contributed by atoms with van der Waals surface area (Å²) in [4.78, 5) is 26.4. The molecule has 2 aliphatic rings. The van der Waals surface area contributed by atoms with E-state index in [1.165, 1.54) is 0 Å². The number of amides is 3. The Kier molecular flexibility index (Phi) is 4.76. The van der Waals surface area contributed by atoms with Crippen molar-refractivity contribution < 1.29 is 9.59 Å². The molecule has 124 valence electrons. The zero-order chi connectivity index (χ0) is 16.4. The van der Waals surface area contributed by atoms with Crippen molar-refractivity contribution >= 4 is 29.2 Å². The number of likely N-dealkylation sites (tertiary alicyclic amines) is 1. The van der Waals surface area contributed by atoms with Gasteiger partial charge in [-0.2, -0.15) is 0 Å². The van der Waals surface area contributed by atoms with Crippen LogP contribution in [0.5, 0.6) is 0 Å². The van der Waals surface area contributed by atoms with Crippen LogP contribution in [0.2, 0.25) is 5.02 Å². The molecule has 0 bridgehead atoms. The Morgan fingerprint density at radius 1 is 1.26 bits per heavy atom. The van der Waals surface area contributed by atoms with Gasteiger partial charge in [0.1, 0.15) is 0 Å². The number of carbonyl (C=O) groups is 2. The fraction of sp³-hybridized carbons (Fsp3) is 0.529. The third-order valence-corrected chi connectivity index (χ3v) is 4.68. The van der Waals surface area contributed by atoms with Gasteiger partial charge in [0, 0.05) is 29.8 Å². The molecule has 1 aromatic rings. The largest absolute Gasteiger partial charge is 0.335 e. The molecule has 1 aromatic carbocycles. The zero-order valence-corrected chi connectivity index (χ0v) is 14.0. The van der Waals surface area contributed by atoms with Gasteiger partial charge in [-0.1, -0.05) is 17.7 Å². The second-order valence-corrected chi connectivity index (χ2v) is 6.89. The molecule has 1 unspecified atom stereocenters. The molecule has 1 aliphatic heterocycles. The van der Waals surface area contributed by atoms with E-state index in [0.29, 0.717) is 17.6 Å². The maximum atomic E-state index is 12.5. The molecule has 6 heteroatoms. The van der Waals surface area contributed by atoms with E-state index in [4.69, 9.17) is 11.6 Å². The van der Waals surface area contributed by atoms with Crippen LogP contribution in [0, 0.1) is 12.8 Å². The summed E-state index contributed by atoms with van der Waals surface area (Å²) in [6, 6.07) is 5.75. The van der Waals surface area contributed by atoms with E-state index in [1.807, 2.05) is 13.0 Å². The molecule has 0 spiro atoms. The van der Waals surface area contributed by atoms with Gasteiger partial charge in [-0.15, -0.1) is 0 Å². The maximum absolute atomic E-state index is 12.5. The summed E-state index contributed by atoms with van der Waals surface area (Å²) in [6.45, 7) is 3.13. The number of carbonyl (C=O) groups excluding carboxylic acids is 2. The monoisotopic (exact) mass is 335 g/mol. The third-order valence-electron chi connectivity index (χ3n) is 4.44. The third kappa shape index (κ3) is 4.16. The highest BCUT2D eigenvalue weighted by Gasteiger charge is 2.31. The highest BCUT2D eigenvalue weighted by molar-refractivity contribution is 6.31. The molecule has 23 heavy (non-hydrogen) atoms. The second-order valence-electron chi connectivity index (χ2n) is 6.46. The van der Waals surface area contributed by atoms with E-state index in [1.54, 1.807) is 17.0 Å². The van der Waals surface area contributed by atoms with Crippen LogP contribution in [0.15, 0.2) is 18.2 Å². The molecule has 3 rings (SSSR count). The smallest absolute Gasteiger partial charge is 0.317 e. The topological polar surface area (TPSA) is 61.4 Å². The predicted molar refractivity (Wildman–Crippen MR) is 90.7 cm³/mol. The molecule has 5 nitrogen and oxygen atoms in total. The number of benzene rings is 1. The van der Waals surface area contributed by atoms with Crippen molar-refractivity contribution in [3.63, 3.8) is 0 Å². The summed E-state index contributed by atoms with van der Waals surface area (Å²) in [6.07, 6.45) is 3.79. The van der Waals surface area contributed by atoms with Crippen molar-refractivity contribution in [3.8, 4) is 0 Å². The van der Waals surface area contributed by atoms with E-state index in [9.17, 15) is 9.59 Å². The van der Waals surface area contributed by atoms with Crippen LogP contribution < -0.4 is 10.6 Å². The lowest BCUT2D eigenvalue weighted by atomic mass is 9.97. The van der Waals surface area contributed by atoms with Gasteiger partial charge < -0.3 is 15.5 Å². The average Bonchev–Trinajstić information content (AvgIpc) is 3.35. The number of halogens is 1. The summed E-state index contributed by atoms with van der Waals surface area (Å²) in [5.41, 5.74) is 1.71.